The standard InChI is InChI=1S/C28H37N3O4S2/c1-19(17-29)16-24(33)22-6-4-5-7-23(22)25-26(36-27(30-25)28(2,3)18-32)20-8-10-21(11-9-20)31-12-14-37(34,35)15-13-31/h8-11,19,22-23,32H,4-7,12-16,18H2,1-3H3/t19-,22-,23-/m1/s1. The molecule has 1 aliphatic carbocycles. The molecule has 3 atom stereocenters. The summed E-state index contributed by atoms with van der Waals surface area (Å²) >= 11 is 1.58. The maximum absolute atomic E-state index is 13.3. The first-order valence-electron chi connectivity index (χ1n) is 13.1. The van der Waals surface area contributed by atoms with Crippen LogP contribution >= 0.6 is 11.3 Å². The van der Waals surface area contributed by atoms with Crippen molar-refractivity contribution in [1.82, 2.24) is 4.98 Å². The normalized spacial score (nSPS) is 22.8. The summed E-state index contributed by atoms with van der Waals surface area (Å²) < 4.78 is 23.6. The van der Waals surface area contributed by atoms with Gasteiger partial charge in [0.05, 0.1) is 40.7 Å². The second-order valence-corrected chi connectivity index (χ2v) is 14.5. The summed E-state index contributed by atoms with van der Waals surface area (Å²) in [6, 6.07) is 10.4. The molecule has 1 N–H and O–H groups in total. The summed E-state index contributed by atoms with van der Waals surface area (Å²) in [5, 5.41) is 20.2. The Morgan fingerprint density at radius 2 is 1.86 bits per heavy atom. The number of aliphatic hydroxyl groups is 1. The Hall–Kier alpha value is -2.28. The Labute approximate surface area is 224 Å². The molecule has 0 unspecified atom stereocenters. The number of anilines is 1. The van der Waals surface area contributed by atoms with E-state index >= 15 is 0 Å². The number of thiazole rings is 1. The van der Waals surface area contributed by atoms with Crippen LogP contribution in [0.3, 0.4) is 0 Å². The molecule has 0 radical (unpaired) electrons. The number of nitrogens with zero attached hydrogens (tertiary/aromatic N) is 3. The molecule has 0 amide bonds. The smallest absolute Gasteiger partial charge is 0.153 e. The minimum atomic E-state index is -2.94. The molecule has 2 fully saturated rings. The quantitative estimate of drug-likeness (QED) is 0.513. The SMILES string of the molecule is C[C@@H](C#N)CC(=O)[C@@H]1CCCC[C@H]1c1nc(C(C)(C)CO)sc1-c1ccc(N2CCS(=O)(=O)CC2)cc1. The molecule has 2 aromatic rings. The van der Waals surface area contributed by atoms with Crippen LogP contribution in [0.15, 0.2) is 24.3 Å². The molecule has 1 aliphatic heterocycles. The van der Waals surface area contributed by atoms with Gasteiger partial charge in [0.25, 0.3) is 0 Å². The van der Waals surface area contributed by atoms with Gasteiger partial charge >= 0.3 is 0 Å². The summed E-state index contributed by atoms with van der Waals surface area (Å²) in [4.78, 5) is 21.5. The second-order valence-electron chi connectivity index (χ2n) is 11.2. The number of carbonyl (C=O) groups excluding carboxylic acids is 1. The molecule has 0 bridgehead atoms. The number of nitriles is 1. The Morgan fingerprint density at radius 3 is 2.49 bits per heavy atom. The van der Waals surface area contributed by atoms with Gasteiger partial charge in [0, 0.05) is 42.4 Å². The molecule has 4 rings (SSSR count). The maximum atomic E-state index is 13.3. The van der Waals surface area contributed by atoms with Crippen molar-refractivity contribution in [3.8, 4) is 16.5 Å². The largest absolute Gasteiger partial charge is 0.395 e. The van der Waals surface area contributed by atoms with E-state index in [2.05, 4.69) is 23.1 Å². The topological polar surface area (TPSA) is 111 Å². The van der Waals surface area contributed by atoms with Crippen molar-refractivity contribution in [2.75, 3.05) is 36.1 Å². The van der Waals surface area contributed by atoms with E-state index in [1.54, 1.807) is 18.3 Å². The van der Waals surface area contributed by atoms with E-state index in [0.717, 1.165) is 52.5 Å². The van der Waals surface area contributed by atoms with Gasteiger partial charge in [-0.25, -0.2) is 13.4 Å². The monoisotopic (exact) mass is 543 g/mol. The average molecular weight is 544 g/mol. The summed E-state index contributed by atoms with van der Waals surface area (Å²) in [7, 11) is -2.94. The van der Waals surface area contributed by atoms with Gasteiger partial charge in [0.2, 0.25) is 0 Å². The van der Waals surface area contributed by atoms with E-state index in [-0.39, 0.29) is 48.1 Å². The minimum absolute atomic E-state index is 0.00591. The second kappa shape index (κ2) is 11.2. The van der Waals surface area contributed by atoms with E-state index in [0.29, 0.717) is 13.1 Å². The van der Waals surface area contributed by atoms with Crippen molar-refractivity contribution in [3.63, 3.8) is 0 Å². The van der Waals surface area contributed by atoms with Gasteiger partial charge in [-0.2, -0.15) is 5.26 Å². The van der Waals surface area contributed by atoms with Crippen LogP contribution in [-0.4, -0.2) is 55.5 Å². The summed E-state index contributed by atoms with van der Waals surface area (Å²) in [5.74, 6) is 0.0462. The van der Waals surface area contributed by atoms with E-state index in [1.165, 1.54) is 0 Å². The van der Waals surface area contributed by atoms with Gasteiger partial charge in [0.15, 0.2) is 9.84 Å². The fraction of sp³-hybridized carbons (Fsp3) is 0.607. The Balaban J connectivity index is 1.69. The van der Waals surface area contributed by atoms with Crippen molar-refractivity contribution in [1.29, 1.82) is 5.26 Å². The number of sulfone groups is 1. The zero-order valence-corrected chi connectivity index (χ0v) is 23.6. The van der Waals surface area contributed by atoms with Crippen molar-refractivity contribution in [2.45, 2.75) is 64.2 Å². The lowest BCUT2D eigenvalue weighted by Crippen LogP contribution is -2.40. The number of Topliss-reactive ketones (excluding diaryl/α,β-unsaturated/α-hetero) is 1. The van der Waals surface area contributed by atoms with Crippen LogP contribution in [0.1, 0.15) is 69.5 Å². The molecular formula is C28H37N3O4S2. The number of ketones is 1. The third-order valence-corrected chi connectivity index (χ3v) is 10.8. The third kappa shape index (κ3) is 6.24. The molecule has 2 aliphatic rings. The number of aromatic nitrogens is 1. The van der Waals surface area contributed by atoms with Gasteiger partial charge in [-0.15, -0.1) is 11.3 Å². The zero-order valence-electron chi connectivity index (χ0n) is 21.9. The zero-order chi connectivity index (χ0) is 26.8. The molecular weight excluding hydrogens is 506 g/mol. The highest BCUT2D eigenvalue weighted by molar-refractivity contribution is 7.91. The summed E-state index contributed by atoms with van der Waals surface area (Å²) in [6.07, 6.45) is 4.01. The number of hydrogen-bond donors (Lipinski definition) is 1. The number of hydrogen-bond acceptors (Lipinski definition) is 8. The molecule has 1 saturated carbocycles. The lowest BCUT2D eigenvalue weighted by molar-refractivity contribution is -0.125. The number of benzene rings is 1. The lowest BCUT2D eigenvalue weighted by atomic mass is 9.73. The van der Waals surface area contributed by atoms with Crippen molar-refractivity contribution in [3.05, 3.63) is 35.0 Å². The molecule has 37 heavy (non-hydrogen) atoms. The highest BCUT2D eigenvalue weighted by atomic mass is 32.2. The van der Waals surface area contributed by atoms with Gasteiger partial charge < -0.3 is 10.0 Å². The van der Waals surface area contributed by atoms with Crippen LogP contribution in [0.2, 0.25) is 0 Å². The first-order chi connectivity index (χ1) is 17.5. The first-order valence-corrected chi connectivity index (χ1v) is 15.8. The predicted molar refractivity (Wildman–Crippen MR) is 148 cm³/mol. The lowest BCUT2D eigenvalue weighted by Gasteiger charge is -2.31. The predicted octanol–water partition coefficient (Wildman–Crippen LogP) is 4.71. The van der Waals surface area contributed by atoms with Crippen LogP contribution in [0.25, 0.3) is 10.4 Å². The van der Waals surface area contributed by atoms with Gasteiger partial charge in [-0.05, 0) is 37.5 Å². The number of aliphatic hydroxyl groups excluding tert-OH is 1. The summed E-state index contributed by atoms with van der Waals surface area (Å²) in [5.41, 5.74) is 2.45. The first kappa shape index (κ1) is 27.7. The van der Waals surface area contributed by atoms with Crippen LogP contribution in [0, 0.1) is 23.2 Å². The average Bonchev–Trinajstić information content (AvgIpc) is 3.35. The summed E-state index contributed by atoms with van der Waals surface area (Å²) in [6.45, 7) is 6.72. The molecule has 9 heteroatoms. The molecule has 0 spiro atoms. The van der Waals surface area contributed by atoms with Gasteiger partial charge in [0.1, 0.15) is 10.8 Å². The number of carbonyl (C=O) groups is 1. The molecule has 200 valence electrons. The van der Waals surface area contributed by atoms with Crippen molar-refractivity contribution >= 4 is 32.6 Å². The minimum Gasteiger partial charge on any atom is -0.395 e. The van der Waals surface area contributed by atoms with E-state index in [1.807, 2.05) is 26.0 Å². The number of rotatable bonds is 8. The van der Waals surface area contributed by atoms with Crippen molar-refractivity contribution < 1.29 is 18.3 Å². The molecule has 7 nitrogen and oxygen atoms in total. The fourth-order valence-electron chi connectivity index (χ4n) is 5.28. The maximum Gasteiger partial charge on any atom is 0.153 e. The van der Waals surface area contributed by atoms with E-state index in [4.69, 9.17) is 4.98 Å². The van der Waals surface area contributed by atoms with E-state index < -0.39 is 15.3 Å². The Morgan fingerprint density at radius 1 is 1.22 bits per heavy atom. The third-order valence-electron chi connectivity index (χ3n) is 7.73. The Kier molecular flexibility index (Phi) is 8.41. The van der Waals surface area contributed by atoms with E-state index in [9.17, 15) is 23.6 Å². The molecule has 1 saturated heterocycles. The Bertz CT molecular complexity index is 1250. The highest BCUT2D eigenvalue weighted by Crippen LogP contribution is 2.46. The highest BCUT2D eigenvalue weighted by Gasteiger charge is 2.37. The van der Waals surface area contributed by atoms with Crippen molar-refractivity contribution in [2.24, 2.45) is 11.8 Å². The van der Waals surface area contributed by atoms with Crippen LogP contribution in [0.4, 0.5) is 5.69 Å². The van der Waals surface area contributed by atoms with Crippen LogP contribution in [0.5, 0.6) is 0 Å². The molecule has 1 aromatic heterocycles. The molecule has 1 aromatic carbocycles. The van der Waals surface area contributed by atoms with Crippen LogP contribution < -0.4 is 4.90 Å². The van der Waals surface area contributed by atoms with Crippen LogP contribution in [-0.2, 0) is 20.0 Å². The fourth-order valence-corrected chi connectivity index (χ4v) is 7.72. The molecule has 2 heterocycles. The van der Waals surface area contributed by atoms with Gasteiger partial charge in [-0.3, -0.25) is 4.79 Å². The van der Waals surface area contributed by atoms with Gasteiger partial charge in [-0.1, -0.05) is 38.8 Å².